The molecule has 0 atom stereocenters. The van der Waals surface area contributed by atoms with Crippen LogP contribution in [0.3, 0.4) is 0 Å². The van der Waals surface area contributed by atoms with Crippen LogP contribution in [0.2, 0.25) is 5.02 Å². The lowest BCUT2D eigenvalue weighted by Crippen LogP contribution is -2.34. The Kier molecular flexibility index (Phi) is 3.82. The fourth-order valence-electron chi connectivity index (χ4n) is 3.13. The zero-order chi connectivity index (χ0) is 16.5. The molecule has 5 heteroatoms. The highest BCUT2D eigenvalue weighted by Crippen LogP contribution is 2.30. The molecular weight excluding hydrogens is 322 g/mol. The standard InChI is InChI=1S/C19H16ClN3O/c20-15-3-4-16-17(12-22-18(16)10-15)13-5-8-23(9-6-13)19(24)14-2-1-7-21-11-14/h1-5,7,10-12,22H,6,8-9H2. The third kappa shape index (κ3) is 2.69. The number of fused-ring (bicyclic) bond motifs is 1. The highest BCUT2D eigenvalue weighted by Gasteiger charge is 2.20. The van der Waals surface area contributed by atoms with Gasteiger partial charge >= 0.3 is 0 Å². The van der Waals surface area contributed by atoms with Crippen LogP contribution in [0.15, 0.2) is 55.0 Å². The summed E-state index contributed by atoms with van der Waals surface area (Å²) in [7, 11) is 0. The van der Waals surface area contributed by atoms with Gasteiger partial charge in [-0.2, -0.15) is 0 Å². The van der Waals surface area contributed by atoms with Crippen LogP contribution in [0.4, 0.5) is 0 Å². The van der Waals surface area contributed by atoms with Crippen LogP contribution in [-0.2, 0) is 0 Å². The maximum Gasteiger partial charge on any atom is 0.255 e. The molecule has 0 saturated carbocycles. The molecular formula is C19H16ClN3O. The smallest absolute Gasteiger partial charge is 0.255 e. The average molecular weight is 338 g/mol. The van der Waals surface area contributed by atoms with Gasteiger partial charge in [0.1, 0.15) is 0 Å². The van der Waals surface area contributed by atoms with Gasteiger partial charge in [-0.1, -0.05) is 23.7 Å². The number of aromatic amines is 1. The molecule has 0 fully saturated rings. The van der Waals surface area contributed by atoms with E-state index in [1.807, 2.05) is 29.3 Å². The van der Waals surface area contributed by atoms with E-state index < -0.39 is 0 Å². The summed E-state index contributed by atoms with van der Waals surface area (Å²) in [6.07, 6.45) is 8.28. The van der Waals surface area contributed by atoms with Gasteiger partial charge in [0.05, 0.1) is 5.56 Å². The number of benzene rings is 1. The number of nitrogens with zero attached hydrogens (tertiary/aromatic N) is 2. The molecule has 1 aromatic carbocycles. The fraction of sp³-hybridized carbons (Fsp3) is 0.158. The Hall–Kier alpha value is -2.59. The molecule has 0 spiro atoms. The minimum absolute atomic E-state index is 0.0316. The lowest BCUT2D eigenvalue weighted by molar-refractivity contribution is 0.0772. The van der Waals surface area contributed by atoms with E-state index in [0.717, 1.165) is 22.3 Å². The van der Waals surface area contributed by atoms with Crippen molar-refractivity contribution < 1.29 is 4.79 Å². The zero-order valence-electron chi connectivity index (χ0n) is 13.0. The number of amides is 1. The molecule has 1 N–H and O–H groups in total. The van der Waals surface area contributed by atoms with Crippen LogP contribution in [0, 0.1) is 0 Å². The lowest BCUT2D eigenvalue weighted by atomic mass is 9.98. The van der Waals surface area contributed by atoms with Gasteiger partial charge in [-0.15, -0.1) is 0 Å². The second-order valence-corrected chi connectivity index (χ2v) is 6.30. The lowest BCUT2D eigenvalue weighted by Gasteiger charge is -2.26. The number of hydrogen-bond acceptors (Lipinski definition) is 2. The second kappa shape index (κ2) is 6.13. The summed E-state index contributed by atoms with van der Waals surface area (Å²) in [5, 5.41) is 1.89. The number of halogens is 1. The van der Waals surface area contributed by atoms with Crippen molar-refractivity contribution in [3.8, 4) is 0 Å². The molecule has 0 bridgehead atoms. The number of aromatic nitrogens is 2. The first-order valence-corrected chi connectivity index (χ1v) is 8.25. The van der Waals surface area contributed by atoms with Crippen molar-refractivity contribution in [2.75, 3.05) is 13.1 Å². The summed E-state index contributed by atoms with van der Waals surface area (Å²) in [4.78, 5) is 21.6. The molecule has 0 saturated heterocycles. The van der Waals surface area contributed by atoms with Crippen molar-refractivity contribution in [3.05, 3.63) is 71.1 Å². The van der Waals surface area contributed by atoms with E-state index in [9.17, 15) is 4.79 Å². The SMILES string of the molecule is O=C(c1cccnc1)N1CC=C(c2c[nH]c3cc(Cl)ccc23)CC1. The van der Waals surface area contributed by atoms with E-state index in [-0.39, 0.29) is 5.91 Å². The monoisotopic (exact) mass is 337 g/mol. The summed E-state index contributed by atoms with van der Waals surface area (Å²) in [6, 6.07) is 9.47. The van der Waals surface area contributed by atoms with Crippen LogP contribution in [0.25, 0.3) is 16.5 Å². The summed E-state index contributed by atoms with van der Waals surface area (Å²) >= 11 is 6.04. The van der Waals surface area contributed by atoms with Crippen LogP contribution in [-0.4, -0.2) is 33.9 Å². The van der Waals surface area contributed by atoms with E-state index in [0.29, 0.717) is 18.7 Å². The molecule has 120 valence electrons. The predicted molar refractivity (Wildman–Crippen MR) is 96.0 cm³/mol. The average Bonchev–Trinajstić information content (AvgIpc) is 3.05. The molecule has 4 nitrogen and oxygen atoms in total. The number of carbonyl (C=O) groups excluding carboxylic acids is 1. The second-order valence-electron chi connectivity index (χ2n) is 5.86. The first-order valence-electron chi connectivity index (χ1n) is 7.88. The first-order chi connectivity index (χ1) is 11.7. The van der Waals surface area contributed by atoms with Gasteiger partial charge in [0.25, 0.3) is 5.91 Å². The van der Waals surface area contributed by atoms with Crippen molar-refractivity contribution in [2.24, 2.45) is 0 Å². The molecule has 3 heterocycles. The van der Waals surface area contributed by atoms with Gasteiger partial charge < -0.3 is 9.88 Å². The first kappa shape index (κ1) is 15.0. The van der Waals surface area contributed by atoms with E-state index in [1.54, 1.807) is 24.5 Å². The number of hydrogen-bond donors (Lipinski definition) is 1. The molecule has 1 aliphatic rings. The highest BCUT2D eigenvalue weighted by atomic mass is 35.5. The maximum atomic E-state index is 12.5. The highest BCUT2D eigenvalue weighted by molar-refractivity contribution is 6.31. The minimum atomic E-state index is 0.0316. The predicted octanol–water partition coefficient (Wildman–Crippen LogP) is 4.15. The van der Waals surface area contributed by atoms with E-state index in [1.165, 1.54) is 11.1 Å². The van der Waals surface area contributed by atoms with Crippen LogP contribution in [0.5, 0.6) is 0 Å². The topological polar surface area (TPSA) is 49.0 Å². The Labute approximate surface area is 144 Å². The van der Waals surface area contributed by atoms with Crippen molar-refractivity contribution in [3.63, 3.8) is 0 Å². The normalized spacial score (nSPS) is 14.7. The molecule has 2 aromatic heterocycles. The Morgan fingerprint density at radius 2 is 2.21 bits per heavy atom. The molecule has 3 aromatic rings. The van der Waals surface area contributed by atoms with Gasteiger partial charge in [0, 0.05) is 53.2 Å². The number of rotatable bonds is 2. The maximum absolute atomic E-state index is 12.5. The van der Waals surface area contributed by atoms with Gasteiger partial charge in [-0.25, -0.2) is 0 Å². The van der Waals surface area contributed by atoms with Crippen molar-refractivity contribution in [1.29, 1.82) is 0 Å². The summed E-state index contributed by atoms with van der Waals surface area (Å²) in [5.74, 6) is 0.0316. The van der Waals surface area contributed by atoms with Crippen LogP contribution >= 0.6 is 11.6 Å². The fourth-order valence-corrected chi connectivity index (χ4v) is 3.31. The number of nitrogens with one attached hydrogen (secondary N) is 1. The van der Waals surface area contributed by atoms with E-state index in [4.69, 9.17) is 11.6 Å². The molecule has 1 amide bonds. The van der Waals surface area contributed by atoms with Crippen LogP contribution < -0.4 is 0 Å². The largest absolute Gasteiger partial charge is 0.361 e. The zero-order valence-corrected chi connectivity index (χ0v) is 13.8. The molecule has 0 aliphatic carbocycles. The molecule has 0 radical (unpaired) electrons. The van der Waals surface area contributed by atoms with Crippen molar-refractivity contribution >= 4 is 34.0 Å². The number of pyridine rings is 1. The summed E-state index contributed by atoms with van der Waals surface area (Å²) in [5.41, 5.74) is 4.12. The molecule has 4 rings (SSSR count). The Morgan fingerprint density at radius 3 is 2.96 bits per heavy atom. The molecule has 0 unspecified atom stereocenters. The summed E-state index contributed by atoms with van der Waals surface area (Å²) < 4.78 is 0. The van der Waals surface area contributed by atoms with Crippen molar-refractivity contribution in [2.45, 2.75) is 6.42 Å². The van der Waals surface area contributed by atoms with Crippen molar-refractivity contribution in [1.82, 2.24) is 14.9 Å². The Balaban J connectivity index is 1.57. The van der Waals surface area contributed by atoms with E-state index >= 15 is 0 Å². The molecule has 24 heavy (non-hydrogen) atoms. The molecule has 1 aliphatic heterocycles. The number of carbonyl (C=O) groups is 1. The Morgan fingerprint density at radius 1 is 1.29 bits per heavy atom. The van der Waals surface area contributed by atoms with Gasteiger partial charge in [0.2, 0.25) is 0 Å². The third-order valence-corrected chi connectivity index (χ3v) is 4.63. The van der Waals surface area contributed by atoms with Gasteiger partial charge in [-0.05, 0) is 36.3 Å². The quantitative estimate of drug-likeness (QED) is 0.763. The van der Waals surface area contributed by atoms with Gasteiger partial charge in [-0.3, -0.25) is 9.78 Å². The number of H-pyrrole nitrogens is 1. The van der Waals surface area contributed by atoms with E-state index in [2.05, 4.69) is 16.0 Å². The summed E-state index contributed by atoms with van der Waals surface area (Å²) in [6.45, 7) is 1.32. The van der Waals surface area contributed by atoms with Gasteiger partial charge in [0.15, 0.2) is 0 Å². The Bertz CT molecular complexity index is 930. The van der Waals surface area contributed by atoms with Crippen LogP contribution in [0.1, 0.15) is 22.3 Å². The third-order valence-electron chi connectivity index (χ3n) is 4.39. The minimum Gasteiger partial charge on any atom is -0.361 e.